The highest BCUT2D eigenvalue weighted by Crippen LogP contribution is 2.44. The third kappa shape index (κ3) is 3.10. The van der Waals surface area contributed by atoms with E-state index in [0.29, 0.717) is 5.92 Å². The lowest BCUT2D eigenvalue weighted by Gasteiger charge is -2.46. The summed E-state index contributed by atoms with van der Waals surface area (Å²) in [7, 11) is 0. The van der Waals surface area contributed by atoms with Gasteiger partial charge in [0.2, 0.25) is 5.91 Å². The van der Waals surface area contributed by atoms with Crippen LogP contribution in [-0.2, 0) is 4.79 Å². The number of carbonyl (C=O) groups is 1. The molecule has 4 heteroatoms. The van der Waals surface area contributed by atoms with E-state index in [4.69, 9.17) is 5.73 Å². The molecule has 0 radical (unpaired) electrons. The van der Waals surface area contributed by atoms with Crippen LogP contribution in [0.2, 0.25) is 0 Å². The fourth-order valence-corrected chi connectivity index (χ4v) is 3.36. The van der Waals surface area contributed by atoms with Crippen molar-refractivity contribution in [2.45, 2.75) is 53.5 Å². The molecule has 3 N–H and O–H groups in total. The maximum absolute atomic E-state index is 12.7. The van der Waals surface area contributed by atoms with Crippen LogP contribution in [0.3, 0.4) is 0 Å². The van der Waals surface area contributed by atoms with Crippen LogP contribution in [-0.4, -0.2) is 16.9 Å². The van der Waals surface area contributed by atoms with Gasteiger partial charge in [-0.05, 0) is 50.2 Å². The Morgan fingerprint density at radius 2 is 2.00 bits per heavy atom. The zero-order valence-electron chi connectivity index (χ0n) is 13.7. The number of rotatable bonds is 2. The normalized spacial score (nSPS) is 28.2. The molecule has 1 aliphatic rings. The summed E-state index contributed by atoms with van der Waals surface area (Å²) in [6.45, 7) is 10.3. The summed E-state index contributed by atoms with van der Waals surface area (Å²) in [6, 6.07) is 4.04. The second kappa shape index (κ2) is 5.76. The van der Waals surface area contributed by atoms with E-state index >= 15 is 0 Å². The number of amides is 1. The first-order valence-corrected chi connectivity index (χ1v) is 7.74. The van der Waals surface area contributed by atoms with Crippen molar-refractivity contribution in [3.63, 3.8) is 0 Å². The van der Waals surface area contributed by atoms with Crippen LogP contribution < -0.4 is 11.1 Å². The second-order valence-corrected chi connectivity index (χ2v) is 6.98. The van der Waals surface area contributed by atoms with Crippen LogP contribution in [0.15, 0.2) is 12.1 Å². The molecule has 21 heavy (non-hydrogen) atoms. The highest BCUT2D eigenvalue weighted by atomic mass is 16.1. The lowest BCUT2D eigenvalue weighted by atomic mass is 9.61. The van der Waals surface area contributed by atoms with Gasteiger partial charge in [-0.2, -0.15) is 0 Å². The molecule has 0 bridgehead atoms. The molecule has 0 aromatic carbocycles. The molecule has 1 aromatic rings. The highest BCUT2D eigenvalue weighted by molar-refractivity contribution is 5.93. The average molecular weight is 289 g/mol. The van der Waals surface area contributed by atoms with Crippen molar-refractivity contribution in [2.24, 2.45) is 23.0 Å². The fourth-order valence-electron chi connectivity index (χ4n) is 3.36. The van der Waals surface area contributed by atoms with Crippen LogP contribution in [0.4, 0.5) is 5.69 Å². The summed E-state index contributed by atoms with van der Waals surface area (Å²) in [6.07, 6.45) is 1.76. The van der Waals surface area contributed by atoms with Crippen LogP contribution in [0.5, 0.6) is 0 Å². The molecule has 0 aliphatic heterocycles. The van der Waals surface area contributed by atoms with E-state index in [2.05, 4.69) is 31.1 Å². The van der Waals surface area contributed by atoms with Crippen molar-refractivity contribution in [1.29, 1.82) is 0 Å². The number of nitrogens with two attached hydrogens (primary N) is 1. The van der Waals surface area contributed by atoms with Gasteiger partial charge in [-0.15, -0.1) is 0 Å². The number of hydrogen-bond acceptors (Lipinski definition) is 3. The maximum Gasteiger partial charge on any atom is 0.228 e. The van der Waals surface area contributed by atoms with Gasteiger partial charge in [0.05, 0.1) is 11.4 Å². The Hall–Kier alpha value is -1.42. The zero-order valence-corrected chi connectivity index (χ0v) is 13.7. The maximum atomic E-state index is 12.7. The first-order chi connectivity index (χ1) is 9.73. The fraction of sp³-hybridized carbons (Fsp3) is 0.647. The molecule has 1 amide bonds. The van der Waals surface area contributed by atoms with Gasteiger partial charge in [-0.1, -0.05) is 20.8 Å². The summed E-state index contributed by atoms with van der Waals surface area (Å²) in [5.41, 5.74) is 8.71. The first-order valence-electron chi connectivity index (χ1n) is 7.74. The van der Waals surface area contributed by atoms with Crippen molar-refractivity contribution in [3.8, 4) is 0 Å². The van der Waals surface area contributed by atoms with E-state index < -0.39 is 0 Å². The summed E-state index contributed by atoms with van der Waals surface area (Å²) in [4.78, 5) is 17.1. The molecule has 1 heterocycles. The summed E-state index contributed by atoms with van der Waals surface area (Å²) < 4.78 is 0. The highest BCUT2D eigenvalue weighted by Gasteiger charge is 2.45. The van der Waals surface area contributed by atoms with Crippen LogP contribution >= 0.6 is 0 Å². The number of anilines is 1. The van der Waals surface area contributed by atoms with Crippen molar-refractivity contribution >= 4 is 11.6 Å². The number of nitrogens with one attached hydrogen (secondary N) is 1. The van der Waals surface area contributed by atoms with Gasteiger partial charge in [-0.3, -0.25) is 9.78 Å². The summed E-state index contributed by atoms with van der Waals surface area (Å²) in [5.74, 6) is 0.416. The van der Waals surface area contributed by atoms with E-state index in [9.17, 15) is 4.79 Å². The summed E-state index contributed by atoms with van der Waals surface area (Å²) >= 11 is 0. The molecule has 0 saturated heterocycles. The Labute approximate surface area is 127 Å². The quantitative estimate of drug-likeness (QED) is 0.879. The van der Waals surface area contributed by atoms with E-state index in [1.54, 1.807) is 0 Å². The van der Waals surface area contributed by atoms with Crippen LogP contribution in [0.25, 0.3) is 0 Å². The van der Waals surface area contributed by atoms with Gasteiger partial charge in [0.15, 0.2) is 0 Å². The third-order valence-electron chi connectivity index (χ3n) is 5.30. The first kappa shape index (κ1) is 16.0. The van der Waals surface area contributed by atoms with E-state index in [-0.39, 0.29) is 23.3 Å². The molecule has 0 spiro atoms. The van der Waals surface area contributed by atoms with E-state index in [1.165, 1.54) is 0 Å². The van der Waals surface area contributed by atoms with Gasteiger partial charge in [0.1, 0.15) is 0 Å². The molecule has 1 saturated carbocycles. The van der Waals surface area contributed by atoms with Crippen molar-refractivity contribution in [2.75, 3.05) is 5.32 Å². The number of hydrogen-bond donors (Lipinski definition) is 2. The molecule has 3 unspecified atom stereocenters. The predicted molar refractivity (Wildman–Crippen MR) is 86.0 cm³/mol. The van der Waals surface area contributed by atoms with Crippen molar-refractivity contribution < 1.29 is 4.79 Å². The molecule has 1 fully saturated rings. The second-order valence-electron chi connectivity index (χ2n) is 6.98. The van der Waals surface area contributed by atoms with Crippen LogP contribution in [0, 0.1) is 31.1 Å². The minimum atomic E-state index is -0.0895. The Morgan fingerprint density at radius 1 is 1.33 bits per heavy atom. The van der Waals surface area contributed by atoms with Gasteiger partial charge >= 0.3 is 0 Å². The minimum Gasteiger partial charge on any atom is -0.327 e. The number of aryl methyl sites for hydroxylation is 2. The number of nitrogens with zero attached hydrogens (tertiary/aromatic N) is 1. The number of aromatic nitrogens is 1. The molecular formula is C17H27N3O. The predicted octanol–water partition coefficient (Wildman–Crippen LogP) is 3.04. The lowest BCUT2D eigenvalue weighted by Crippen LogP contribution is -2.50. The Kier molecular flexibility index (Phi) is 4.38. The smallest absolute Gasteiger partial charge is 0.228 e. The Bertz CT molecular complexity index is 539. The van der Waals surface area contributed by atoms with E-state index in [1.807, 2.05) is 26.0 Å². The monoisotopic (exact) mass is 289 g/mol. The lowest BCUT2D eigenvalue weighted by molar-refractivity contribution is -0.127. The van der Waals surface area contributed by atoms with Crippen molar-refractivity contribution in [3.05, 3.63) is 23.5 Å². The Balaban J connectivity index is 2.16. The molecular weight excluding hydrogens is 262 g/mol. The van der Waals surface area contributed by atoms with Gasteiger partial charge in [-0.25, -0.2) is 0 Å². The summed E-state index contributed by atoms with van der Waals surface area (Å²) in [5, 5.41) is 3.06. The van der Waals surface area contributed by atoms with Gasteiger partial charge in [0.25, 0.3) is 0 Å². The van der Waals surface area contributed by atoms with Crippen LogP contribution in [0.1, 0.15) is 45.0 Å². The zero-order chi connectivity index (χ0) is 15.8. The average Bonchev–Trinajstić information content (AvgIpc) is 2.39. The topological polar surface area (TPSA) is 68.0 Å². The van der Waals surface area contributed by atoms with Gasteiger partial charge < -0.3 is 11.1 Å². The SMILES string of the molecule is Cc1ccc(NC(=O)C2CCC(N)C(C)C2(C)C)c(C)n1. The minimum absolute atomic E-state index is 0.00648. The molecule has 1 aromatic heterocycles. The molecule has 1 aliphatic carbocycles. The number of pyridine rings is 1. The Morgan fingerprint density at radius 3 is 2.62 bits per heavy atom. The largest absolute Gasteiger partial charge is 0.327 e. The molecule has 2 rings (SSSR count). The third-order valence-corrected chi connectivity index (χ3v) is 5.30. The van der Waals surface area contributed by atoms with Gasteiger partial charge in [0, 0.05) is 17.7 Å². The molecule has 4 nitrogen and oxygen atoms in total. The van der Waals surface area contributed by atoms with Crippen molar-refractivity contribution in [1.82, 2.24) is 4.98 Å². The molecule has 116 valence electrons. The standard InChI is InChI=1S/C17H27N3O/c1-10-6-9-15(12(3)19-10)20-16(21)13-7-8-14(18)11(2)17(13,4)5/h6,9,11,13-14H,7-8,18H2,1-5H3,(H,20,21). The number of carbonyl (C=O) groups excluding carboxylic acids is 1. The molecule has 3 atom stereocenters. The van der Waals surface area contributed by atoms with E-state index in [0.717, 1.165) is 29.9 Å².